The number of carboxylic acid groups (broad SMARTS) is 1. The number of nitrogens with zero attached hydrogens (tertiary/aromatic N) is 1. The fraction of sp³-hybridized carbons (Fsp3) is 0.174. The summed E-state index contributed by atoms with van der Waals surface area (Å²) in [5, 5.41) is 19.7. The Morgan fingerprint density at radius 3 is 2.74 bits per heavy atom. The molecule has 0 aliphatic heterocycles. The minimum atomic E-state index is -1.28. The maximum atomic E-state index is 13.1. The molecule has 0 saturated carbocycles. The number of H-pyrrole nitrogens is 1. The van der Waals surface area contributed by atoms with Gasteiger partial charge in [-0.3, -0.25) is 9.78 Å². The molecule has 2 heterocycles. The summed E-state index contributed by atoms with van der Waals surface area (Å²) in [6.45, 7) is 1.79. The molecule has 0 radical (unpaired) electrons. The van der Waals surface area contributed by atoms with Crippen LogP contribution >= 0.6 is 22.9 Å². The first-order valence-corrected chi connectivity index (χ1v) is 11.4. The van der Waals surface area contributed by atoms with E-state index in [2.05, 4.69) is 4.98 Å². The molecule has 0 aliphatic rings. The van der Waals surface area contributed by atoms with Crippen LogP contribution in [0.15, 0.2) is 57.4 Å². The molecule has 2 aromatic carbocycles. The van der Waals surface area contributed by atoms with Gasteiger partial charge in [0.2, 0.25) is 0 Å². The number of aromatic amines is 1. The zero-order valence-corrected chi connectivity index (χ0v) is 19.4. The van der Waals surface area contributed by atoms with Crippen molar-refractivity contribution in [3.63, 3.8) is 0 Å². The van der Waals surface area contributed by atoms with Gasteiger partial charge in [-0.05, 0) is 25.1 Å². The Labute approximate surface area is 201 Å². The summed E-state index contributed by atoms with van der Waals surface area (Å²) in [4.78, 5) is 40.1. The van der Waals surface area contributed by atoms with E-state index in [0.717, 1.165) is 21.5 Å². The molecule has 11 heteroatoms. The summed E-state index contributed by atoms with van der Waals surface area (Å²) in [5.41, 5.74) is -0.981. The lowest BCUT2D eigenvalue weighted by Crippen LogP contribution is -2.34. The minimum absolute atomic E-state index is 0.0480. The monoisotopic (exact) mass is 502 g/mol. The molecule has 4 aromatic rings. The normalized spacial score (nSPS) is 12.0. The number of halogens is 1. The number of aliphatic hydroxyl groups is 1. The number of para-hydroxylation sites is 1. The van der Waals surface area contributed by atoms with E-state index in [9.17, 15) is 19.5 Å². The quantitative estimate of drug-likeness (QED) is 0.335. The van der Waals surface area contributed by atoms with Gasteiger partial charge in [0.25, 0.3) is 5.56 Å². The first kappa shape index (κ1) is 23.6. The van der Waals surface area contributed by atoms with Crippen molar-refractivity contribution >= 4 is 39.1 Å². The molecule has 1 atom stereocenters. The number of aromatic carboxylic acids is 1. The Balaban J connectivity index is 1.75. The van der Waals surface area contributed by atoms with E-state index in [-0.39, 0.29) is 39.7 Å². The van der Waals surface area contributed by atoms with Gasteiger partial charge in [-0.1, -0.05) is 29.8 Å². The van der Waals surface area contributed by atoms with Gasteiger partial charge in [0.05, 0.1) is 28.3 Å². The van der Waals surface area contributed by atoms with Crippen LogP contribution in [0.2, 0.25) is 5.02 Å². The van der Waals surface area contributed by atoms with Crippen LogP contribution in [0, 0.1) is 0 Å². The first-order chi connectivity index (χ1) is 16.3. The van der Waals surface area contributed by atoms with E-state index >= 15 is 0 Å². The Morgan fingerprint density at radius 2 is 2.00 bits per heavy atom. The van der Waals surface area contributed by atoms with Crippen molar-refractivity contribution in [3.8, 4) is 17.2 Å². The number of hydrogen-bond donors (Lipinski definition) is 3. The van der Waals surface area contributed by atoms with Crippen LogP contribution in [0.1, 0.15) is 28.9 Å². The minimum Gasteiger partial charge on any atom is -0.491 e. The number of hydrogen-bond acceptors (Lipinski definition) is 7. The van der Waals surface area contributed by atoms with Gasteiger partial charge in [0, 0.05) is 17.0 Å². The predicted molar refractivity (Wildman–Crippen MR) is 128 cm³/mol. The van der Waals surface area contributed by atoms with Crippen LogP contribution in [0.5, 0.6) is 11.5 Å². The second kappa shape index (κ2) is 9.72. The third-order valence-corrected chi connectivity index (χ3v) is 6.25. The summed E-state index contributed by atoms with van der Waals surface area (Å²) in [5.74, 6) is -0.407. The van der Waals surface area contributed by atoms with Crippen molar-refractivity contribution in [2.45, 2.75) is 13.0 Å². The lowest BCUT2D eigenvalue weighted by Gasteiger charge is -2.19. The van der Waals surface area contributed by atoms with Gasteiger partial charge in [-0.2, -0.15) is 0 Å². The summed E-state index contributed by atoms with van der Waals surface area (Å²) < 4.78 is 12.4. The van der Waals surface area contributed by atoms with E-state index in [0.29, 0.717) is 11.5 Å². The molecule has 0 bridgehead atoms. The molecule has 4 rings (SSSR count). The van der Waals surface area contributed by atoms with E-state index in [4.69, 9.17) is 26.2 Å². The number of ether oxygens (including phenoxy) is 2. The van der Waals surface area contributed by atoms with Gasteiger partial charge in [0.1, 0.15) is 29.0 Å². The summed E-state index contributed by atoms with van der Waals surface area (Å²) in [7, 11) is 0. The van der Waals surface area contributed by atoms with Crippen molar-refractivity contribution in [1.29, 1.82) is 0 Å². The summed E-state index contributed by atoms with van der Waals surface area (Å²) >= 11 is 7.27. The van der Waals surface area contributed by atoms with Crippen LogP contribution in [-0.2, 0) is 0 Å². The highest BCUT2D eigenvalue weighted by molar-refractivity contribution is 7.17. The van der Waals surface area contributed by atoms with E-state index in [1.807, 2.05) is 12.1 Å². The molecule has 0 fully saturated rings. The highest BCUT2D eigenvalue weighted by Gasteiger charge is 2.21. The van der Waals surface area contributed by atoms with Crippen molar-refractivity contribution < 1.29 is 24.5 Å². The molecule has 9 nitrogen and oxygen atoms in total. The van der Waals surface area contributed by atoms with Crippen LogP contribution in [0.3, 0.4) is 0 Å². The van der Waals surface area contributed by atoms with Gasteiger partial charge >= 0.3 is 11.7 Å². The first-order valence-electron chi connectivity index (χ1n) is 10.1. The second-order valence-corrected chi connectivity index (χ2v) is 8.50. The number of benzene rings is 2. The van der Waals surface area contributed by atoms with Crippen LogP contribution in [0.25, 0.3) is 15.9 Å². The average molecular weight is 503 g/mol. The largest absolute Gasteiger partial charge is 0.491 e. The molecule has 1 unspecified atom stereocenters. The smallest absolute Gasteiger partial charge is 0.337 e. The van der Waals surface area contributed by atoms with Gasteiger partial charge in [-0.25, -0.2) is 14.2 Å². The molecular weight excluding hydrogens is 484 g/mol. The molecule has 176 valence electrons. The van der Waals surface area contributed by atoms with Crippen LogP contribution < -0.4 is 20.7 Å². The number of aliphatic hydroxyl groups excluding tert-OH is 1. The fourth-order valence-electron chi connectivity index (χ4n) is 3.50. The van der Waals surface area contributed by atoms with Gasteiger partial charge < -0.3 is 19.7 Å². The molecule has 3 N–H and O–H groups in total. The maximum absolute atomic E-state index is 13.1. The fourth-order valence-corrected chi connectivity index (χ4v) is 4.62. The molecule has 34 heavy (non-hydrogen) atoms. The Bertz CT molecular complexity index is 1490. The molecule has 0 amide bonds. The van der Waals surface area contributed by atoms with E-state index in [1.165, 1.54) is 17.5 Å². The summed E-state index contributed by atoms with van der Waals surface area (Å²) in [6, 6.07) is 11.7. The van der Waals surface area contributed by atoms with Crippen molar-refractivity contribution in [3.05, 3.63) is 84.8 Å². The van der Waals surface area contributed by atoms with Crippen molar-refractivity contribution in [1.82, 2.24) is 9.55 Å². The third kappa shape index (κ3) is 4.43. The third-order valence-electron chi connectivity index (χ3n) is 5.04. The second-order valence-electron chi connectivity index (χ2n) is 7.21. The number of rotatable bonds is 8. The lowest BCUT2D eigenvalue weighted by atomic mass is 10.1. The SMILES string of the molecule is CC(Oc1ccc(Cl)c(-n2c(=O)[nH]c3scc(C(=O)O)c3c2=O)c1)c1ccccc1OCCO. The molecule has 0 saturated heterocycles. The standard InChI is InChI=1S/C23H19ClN2O7S/c1-12(14-4-2-3-5-18(14)32-9-8-27)33-13-6-7-16(24)17(10-13)26-21(28)19-15(22(29)30)11-34-20(19)25-23(26)31/h2-7,10-12,27H,8-9H2,1H3,(H,25,31)(H,29,30). The Kier molecular flexibility index (Phi) is 6.73. The van der Waals surface area contributed by atoms with Crippen molar-refractivity contribution in [2.75, 3.05) is 13.2 Å². The molecular formula is C23H19ClN2O7S. The number of aromatic nitrogens is 2. The van der Waals surface area contributed by atoms with E-state index < -0.39 is 23.3 Å². The molecule has 0 aliphatic carbocycles. The van der Waals surface area contributed by atoms with Crippen LogP contribution in [-0.4, -0.2) is 38.9 Å². The van der Waals surface area contributed by atoms with Crippen molar-refractivity contribution in [2.24, 2.45) is 0 Å². The number of nitrogens with one attached hydrogen (secondary N) is 1. The molecule has 0 spiro atoms. The number of thiophene rings is 1. The number of carbonyl (C=O) groups is 1. The molecule has 2 aromatic heterocycles. The number of fused-ring (bicyclic) bond motifs is 1. The summed E-state index contributed by atoms with van der Waals surface area (Å²) in [6.07, 6.45) is -0.489. The van der Waals surface area contributed by atoms with Gasteiger partial charge in [0.15, 0.2) is 0 Å². The topological polar surface area (TPSA) is 131 Å². The predicted octanol–water partition coefficient (Wildman–Crippen LogP) is 3.60. The Hall–Kier alpha value is -3.60. The zero-order chi connectivity index (χ0) is 24.4. The highest BCUT2D eigenvalue weighted by atomic mass is 35.5. The highest BCUT2D eigenvalue weighted by Crippen LogP contribution is 2.31. The average Bonchev–Trinajstić information content (AvgIpc) is 3.24. The van der Waals surface area contributed by atoms with Gasteiger partial charge in [-0.15, -0.1) is 11.3 Å². The zero-order valence-electron chi connectivity index (χ0n) is 17.8. The lowest BCUT2D eigenvalue weighted by molar-refractivity contribution is 0.0699. The van der Waals surface area contributed by atoms with Crippen LogP contribution in [0.4, 0.5) is 0 Å². The maximum Gasteiger partial charge on any atom is 0.337 e. The number of carboxylic acids is 1. The Morgan fingerprint density at radius 1 is 1.24 bits per heavy atom. The van der Waals surface area contributed by atoms with E-state index in [1.54, 1.807) is 25.1 Å².